The maximum atomic E-state index is 5.53. The molecule has 0 amide bonds. The summed E-state index contributed by atoms with van der Waals surface area (Å²) in [6.07, 6.45) is 3.38. The quantitative estimate of drug-likeness (QED) is 0.652. The molecule has 0 unspecified atom stereocenters. The van der Waals surface area contributed by atoms with Crippen LogP contribution < -0.4 is 16.2 Å². The van der Waals surface area contributed by atoms with Crippen molar-refractivity contribution in [2.75, 3.05) is 17.4 Å². The van der Waals surface area contributed by atoms with Crippen LogP contribution in [0.15, 0.2) is 30.3 Å². The number of aromatic nitrogens is 2. The van der Waals surface area contributed by atoms with Gasteiger partial charge in [0.2, 0.25) is 0 Å². The maximum absolute atomic E-state index is 5.53. The minimum absolute atomic E-state index is 0.493. The Morgan fingerprint density at radius 2 is 1.95 bits per heavy atom. The van der Waals surface area contributed by atoms with E-state index in [1.165, 1.54) is 18.4 Å². The minimum Gasteiger partial charge on any atom is -0.329 e. The highest BCUT2D eigenvalue weighted by atomic mass is 15.3. The molecular weight excluding hydrogens is 262 g/mol. The van der Waals surface area contributed by atoms with Crippen molar-refractivity contribution in [3.05, 3.63) is 41.7 Å². The van der Waals surface area contributed by atoms with Crippen molar-refractivity contribution >= 4 is 17.3 Å². The number of nitrogens with two attached hydrogens (primary N) is 1. The zero-order valence-corrected chi connectivity index (χ0v) is 12.5. The number of hydrogen-bond acceptors (Lipinski definition) is 5. The first-order valence-corrected chi connectivity index (χ1v) is 7.39. The normalized spacial score (nSPS) is 14.0. The minimum atomic E-state index is 0.493. The van der Waals surface area contributed by atoms with Crippen LogP contribution in [0.4, 0.5) is 17.3 Å². The summed E-state index contributed by atoms with van der Waals surface area (Å²) >= 11 is 0. The number of rotatable bonds is 5. The second kappa shape index (κ2) is 5.69. The second-order valence-electron chi connectivity index (χ2n) is 5.47. The standard InChI is InChI=1S/C16H21N5/c1-3-11-4-8-13(9-5-11)21(2)15-10-14(20-17)18-16(19-15)12-6-7-12/h4-5,8-10,12H,3,6-7,17H2,1-2H3,(H,18,19,20). The summed E-state index contributed by atoms with van der Waals surface area (Å²) in [5, 5.41) is 0. The van der Waals surface area contributed by atoms with Crippen molar-refractivity contribution in [1.29, 1.82) is 0 Å². The molecule has 0 aliphatic heterocycles. The van der Waals surface area contributed by atoms with Crippen LogP contribution in [0.2, 0.25) is 0 Å². The first-order chi connectivity index (χ1) is 10.2. The van der Waals surface area contributed by atoms with Gasteiger partial charge < -0.3 is 10.3 Å². The average molecular weight is 283 g/mol. The van der Waals surface area contributed by atoms with Gasteiger partial charge in [0.15, 0.2) is 0 Å². The lowest BCUT2D eigenvalue weighted by atomic mass is 10.1. The van der Waals surface area contributed by atoms with Gasteiger partial charge >= 0.3 is 0 Å². The number of benzene rings is 1. The molecule has 1 fully saturated rings. The van der Waals surface area contributed by atoms with E-state index in [1.807, 2.05) is 13.1 Å². The van der Waals surface area contributed by atoms with Crippen LogP contribution in [0.3, 0.4) is 0 Å². The molecule has 21 heavy (non-hydrogen) atoms. The van der Waals surface area contributed by atoms with Gasteiger partial charge in [-0.3, -0.25) is 0 Å². The average Bonchev–Trinajstić information content (AvgIpc) is 3.38. The number of anilines is 3. The second-order valence-corrected chi connectivity index (χ2v) is 5.47. The lowest BCUT2D eigenvalue weighted by Gasteiger charge is -2.20. The first kappa shape index (κ1) is 13.8. The summed E-state index contributed by atoms with van der Waals surface area (Å²) < 4.78 is 0. The third kappa shape index (κ3) is 2.97. The molecule has 1 aliphatic carbocycles. The lowest BCUT2D eigenvalue weighted by molar-refractivity contribution is 0.913. The van der Waals surface area contributed by atoms with Crippen LogP contribution in [0.25, 0.3) is 0 Å². The highest BCUT2D eigenvalue weighted by Gasteiger charge is 2.27. The molecule has 1 aliphatic rings. The summed E-state index contributed by atoms with van der Waals surface area (Å²) in [6, 6.07) is 10.4. The molecule has 0 atom stereocenters. The van der Waals surface area contributed by atoms with Gasteiger partial charge in [0.05, 0.1) is 0 Å². The number of nitrogens with zero attached hydrogens (tertiary/aromatic N) is 3. The van der Waals surface area contributed by atoms with Crippen molar-refractivity contribution in [2.45, 2.75) is 32.1 Å². The van der Waals surface area contributed by atoms with E-state index < -0.39 is 0 Å². The Morgan fingerprint density at radius 3 is 2.52 bits per heavy atom. The summed E-state index contributed by atoms with van der Waals surface area (Å²) in [6.45, 7) is 2.16. The first-order valence-electron chi connectivity index (χ1n) is 7.39. The Hall–Kier alpha value is -2.14. The molecular formula is C16H21N5. The van der Waals surface area contributed by atoms with Crippen molar-refractivity contribution < 1.29 is 0 Å². The number of nitrogens with one attached hydrogen (secondary N) is 1. The summed E-state index contributed by atoms with van der Waals surface area (Å²) in [7, 11) is 2.01. The van der Waals surface area contributed by atoms with Crippen LogP contribution in [0, 0.1) is 0 Å². The fraction of sp³-hybridized carbons (Fsp3) is 0.375. The van der Waals surface area contributed by atoms with Crippen LogP contribution >= 0.6 is 0 Å². The molecule has 5 heteroatoms. The molecule has 1 aromatic carbocycles. The van der Waals surface area contributed by atoms with Crippen molar-refractivity contribution in [3.8, 4) is 0 Å². The molecule has 3 rings (SSSR count). The fourth-order valence-corrected chi connectivity index (χ4v) is 2.31. The highest BCUT2D eigenvalue weighted by molar-refractivity contribution is 5.62. The van der Waals surface area contributed by atoms with Gasteiger partial charge in [0.25, 0.3) is 0 Å². The summed E-state index contributed by atoms with van der Waals surface area (Å²) in [4.78, 5) is 11.2. The lowest BCUT2D eigenvalue weighted by Crippen LogP contribution is -2.16. The van der Waals surface area contributed by atoms with E-state index in [1.54, 1.807) is 0 Å². The third-order valence-electron chi connectivity index (χ3n) is 3.90. The van der Waals surface area contributed by atoms with E-state index in [2.05, 4.69) is 51.5 Å². The zero-order chi connectivity index (χ0) is 14.8. The number of nitrogen functional groups attached to an aromatic ring is 1. The molecule has 0 radical (unpaired) electrons. The van der Waals surface area contributed by atoms with Gasteiger partial charge in [-0.25, -0.2) is 15.8 Å². The van der Waals surface area contributed by atoms with E-state index in [4.69, 9.17) is 5.84 Å². The predicted molar refractivity (Wildman–Crippen MR) is 85.7 cm³/mol. The SMILES string of the molecule is CCc1ccc(N(C)c2cc(NN)nc(C3CC3)n2)cc1. The Bertz CT molecular complexity index is 619. The maximum Gasteiger partial charge on any atom is 0.145 e. The number of hydrogen-bond donors (Lipinski definition) is 2. The Kier molecular flexibility index (Phi) is 3.75. The molecule has 2 aromatic rings. The predicted octanol–water partition coefficient (Wildman–Crippen LogP) is 2.97. The third-order valence-corrected chi connectivity index (χ3v) is 3.90. The van der Waals surface area contributed by atoms with Crippen LogP contribution in [-0.2, 0) is 6.42 Å². The molecule has 1 aromatic heterocycles. The van der Waals surface area contributed by atoms with E-state index in [-0.39, 0.29) is 0 Å². The van der Waals surface area contributed by atoms with Gasteiger partial charge in [-0.05, 0) is 37.0 Å². The van der Waals surface area contributed by atoms with E-state index >= 15 is 0 Å². The van der Waals surface area contributed by atoms with Crippen molar-refractivity contribution in [2.24, 2.45) is 5.84 Å². The summed E-state index contributed by atoms with van der Waals surface area (Å²) in [5.74, 6) is 8.44. The van der Waals surface area contributed by atoms with Gasteiger partial charge in [0.1, 0.15) is 17.5 Å². The molecule has 0 saturated heterocycles. The van der Waals surface area contributed by atoms with Crippen LogP contribution in [0.1, 0.15) is 37.1 Å². The van der Waals surface area contributed by atoms with E-state index in [9.17, 15) is 0 Å². The Labute approximate surface area is 125 Å². The van der Waals surface area contributed by atoms with Gasteiger partial charge in [-0.1, -0.05) is 19.1 Å². The van der Waals surface area contributed by atoms with E-state index in [0.717, 1.165) is 23.8 Å². The Morgan fingerprint density at radius 1 is 1.24 bits per heavy atom. The number of aryl methyl sites for hydroxylation is 1. The van der Waals surface area contributed by atoms with Gasteiger partial charge in [0, 0.05) is 24.7 Å². The molecule has 0 spiro atoms. The topological polar surface area (TPSA) is 67.1 Å². The number of hydrazine groups is 1. The molecule has 0 bridgehead atoms. The summed E-state index contributed by atoms with van der Waals surface area (Å²) in [5.41, 5.74) is 5.08. The highest BCUT2D eigenvalue weighted by Crippen LogP contribution is 2.39. The van der Waals surface area contributed by atoms with Gasteiger partial charge in [-0.15, -0.1) is 0 Å². The largest absolute Gasteiger partial charge is 0.329 e. The fourth-order valence-electron chi connectivity index (χ4n) is 2.31. The van der Waals surface area contributed by atoms with Crippen LogP contribution in [-0.4, -0.2) is 17.0 Å². The van der Waals surface area contributed by atoms with Gasteiger partial charge in [-0.2, -0.15) is 0 Å². The van der Waals surface area contributed by atoms with Crippen molar-refractivity contribution in [1.82, 2.24) is 9.97 Å². The van der Waals surface area contributed by atoms with Crippen molar-refractivity contribution in [3.63, 3.8) is 0 Å². The molecule has 1 saturated carbocycles. The van der Waals surface area contributed by atoms with Crippen LogP contribution in [0.5, 0.6) is 0 Å². The smallest absolute Gasteiger partial charge is 0.145 e. The monoisotopic (exact) mass is 283 g/mol. The van der Waals surface area contributed by atoms with E-state index in [0.29, 0.717) is 11.7 Å². The molecule has 3 N–H and O–H groups in total. The zero-order valence-electron chi connectivity index (χ0n) is 12.5. The Balaban J connectivity index is 1.91. The molecule has 1 heterocycles. The molecule has 5 nitrogen and oxygen atoms in total. The molecule has 110 valence electrons.